The smallest absolute Gasteiger partial charge is 0.144 e. The summed E-state index contributed by atoms with van der Waals surface area (Å²) in [5.41, 5.74) is 0. The second-order valence-corrected chi connectivity index (χ2v) is 3.10. The van der Waals surface area contributed by atoms with Gasteiger partial charge in [0.1, 0.15) is 11.1 Å². The van der Waals surface area contributed by atoms with Gasteiger partial charge in [-0.3, -0.25) is 4.98 Å². The molecule has 0 atom stereocenters. The van der Waals surface area contributed by atoms with Crippen molar-refractivity contribution in [2.75, 3.05) is 12.4 Å². The molecule has 0 amide bonds. The van der Waals surface area contributed by atoms with Gasteiger partial charge in [0.2, 0.25) is 0 Å². The molecule has 0 radical (unpaired) electrons. The molecule has 0 spiro atoms. The monoisotopic (exact) mass is 207 g/mol. The molecule has 0 saturated heterocycles. The standard InChI is InChI=1S/C11H13NOS/c1-3-10(13-7-8-14)11-9(2)5-4-6-12-11/h3-6,14H,1-2,7-8H2/b11-10-. The van der Waals surface area contributed by atoms with Gasteiger partial charge in [0.25, 0.3) is 0 Å². The number of aromatic nitrogens is 1. The highest BCUT2D eigenvalue weighted by Gasteiger charge is 1.95. The zero-order valence-corrected chi connectivity index (χ0v) is 8.83. The minimum atomic E-state index is 0.542. The maximum absolute atomic E-state index is 5.43. The van der Waals surface area contributed by atoms with Crippen LogP contribution in [-0.2, 0) is 4.74 Å². The lowest BCUT2D eigenvalue weighted by Gasteiger charge is -2.03. The number of pyridine rings is 1. The first-order valence-corrected chi connectivity index (χ1v) is 4.93. The van der Waals surface area contributed by atoms with E-state index in [0.29, 0.717) is 18.1 Å². The molecule has 0 N–H and O–H groups in total. The molecule has 0 fully saturated rings. The van der Waals surface area contributed by atoms with E-state index < -0.39 is 0 Å². The fraction of sp³-hybridized carbons (Fsp3) is 0.182. The van der Waals surface area contributed by atoms with Crippen LogP contribution in [0.5, 0.6) is 0 Å². The third kappa shape index (κ3) is 2.64. The van der Waals surface area contributed by atoms with E-state index in [9.17, 15) is 0 Å². The van der Waals surface area contributed by atoms with Crippen LogP contribution in [0.1, 0.15) is 0 Å². The normalized spacial score (nSPS) is 12.1. The molecule has 0 saturated carbocycles. The van der Waals surface area contributed by atoms with Gasteiger partial charge >= 0.3 is 0 Å². The third-order valence-corrected chi connectivity index (χ3v) is 1.84. The SMILES string of the molecule is C=C/C(OCCS)=c1/ncccc1=C. The van der Waals surface area contributed by atoms with Gasteiger partial charge in [-0.1, -0.05) is 19.2 Å². The summed E-state index contributed by atoms with van der Waals surface area (Å²) in [5, 5.41) is 1.57. The summed E-state index contributed by atoms with van der Waals surface area (Å²) >= 11 is 4.06. The van der Waals surface area contributed by atoms with Crippen molar-refractivity contribution in [1.29, 1.82) is 0 Å². The van der Waals surface area contributed by atoms with Crippen LogP contribution >= 0.6 is 12.6 Å². The van der Waals surface area contributed by atoms with Crippen molar-refractivity contribution in [3.8, 4) is 0 Å². The first kappa shape index (κ1) is 10.9. The van der Waals surface area contributed by atoms with E-state index in [2.05, 4.69) is 30.8 Å². The molecule has 0 aromatic carbocycles. The van der Waals surface area contributed by atoms with E-state index in [1.165, 1.54) is 0 Å². The van der Waals surface area contributed by atoms with Gasteiger partial charge in [-0.05, 0) is 17.4 Å². The topological polar surface area (TPSA) is 22.1 Å². The van der Waals surface area contributed by atoms with Crippen LogP contribution in [-0.4, -0.2) is 17.3 Å². The molecule has 74 valence electrons. The molecule has 0 unspecified atom stereocenters. The van der Waals surface area contributed by atoms with Gasteiger partial charge in [-0.25, -0.2) is 0 Å². The van der Waals surface area contributed by atoms with Crippen LogP contribution in [0.4, 0.5) is 0 Å². The molecular weight excluding hydrogens is 194 g/mol. The van der Waals surface area contributed by atoms with Crippen LogP contribution in [0, 0.1) is 0 Å². The van der Waals surface area contributed by atoms with Crippen molar-refractivity contribution >= 4 is 25.0 Å². The van der Waals surface area contributed by atoms with E-state index in [-0.39, 0.29) is 0 Å². The molecular formula is C11H13NOS. The third-order valence-electron chi connectivity index (χ3n) is 1.66. The van der Waals surface area contributed by atoms with Crippen molar-refractivity contribution in [1.82, 2.24) is 4.98 Å². The first-order valence-electron chi connectivity index (χ1n) is 4.30. The van der Waals surface area contributed by atoms with E-state index in [1.807, 2.05) is 12.1 Å². The van der Waals surface area contributed by atoms with Crippen molar-refractivity contribution in [3.05, 3.63) is 41.6 Å². The van der Waals surface area contributed by atoms with Crippen LogP contribution in [0.3, 0.4) is 0 Å². The van der Waals surface area contributed by atoms with E-state index in [1.54, 1.807) is 12.3 Å². The molecule has 0 aliphatic carbocycles. The molecule has 2 nitrogen and oxygen atoms in total. The molecule has 1 aromatic heterocycles. The number of hydrogen-bond acceptors (Lipinski definition) is 3. The summed E-state index contributed by atoms with van der Waals surface area (Å²) in [5.74, 6) is 1.32. The zero-order valence-electron chi connectivity index (χ0n) is 7.94. The fourth-order valence-corrected chi connectivity index (χ4v) is 1.13. The van der Waals surface area contributed by atoms with Gasteiger partial charge in [0, 0.05) is 11.9 Å². The van der Waals surface area contributed by atoms with Gasteiger partial charge in [-0.2, -0.15) is 12.6 Å². The summed E-state index contributed by atoms with van der Waals surface area (Å²) in [7, 11) is 0. The molecule has 1 aromatic rings. The Hall–Kier alpha value is -1.22. The van der Waals surface area contributed by atoms with Gasteiger partial charge in [-0.15, -0.1) is 0 Å². The van der Waals surface area contributed by atoms with E-state index >= 15 is 0 Å². The van der Waals surface area contributed by atoms with Crippen molar-refractivity contribution in [2.24, 2.45) is 0 Å². The minimum absolute atomic E-state index is 0.542. The largest absolute Gasteiger partial charge is 0.490 e. The zero-order chi connectivity index (χ0) is 10.4. The second kappa shape index (κ2) is 5.50. The van der Waals surface area contributed by atoms with Crippen LogP contribution in [0.15, 0.2) is 31.0 Å². The van der Waals surface area contributed by atoms with Crippen molar-refractivity contribution in [3.63, 3.8) is 0 Å². The summed E-state index contributed by atoms with van der Waals surface area (Å²) < 4.78 is 5.43. The predicted octanol–water partition coefficient (Wildman–Crippen LogP) is 0.732. The Bertz CT molecular complexity index is 414. The molecule has 1 rings (SSSR count). The highest BCUT2D eigenvalue weighted by molar-refractivity contribution is 7.80. The van der Waals surface area contributed by atoms with Crippen LogP contribution in [0.2, 0.25) is 0 Å². The van der Waals surface area contributed by atoms with Gasteiger partial charge in [0.15, 0.2) is 0 Å². The lowest BCUT2D eigenvalue weighted by atomic mass is 10.3. The van der Waals surface area contributed by atoms with E-state index in [4.69, 9.17) is 4.74 Å². The van der Waals surface area contributed by atoms with Gasteiger partial charge in [0.05, 0.1) is 6.61 Å². The second-order valence-electron chi connectivity index (χ2n) is 2.65. The summed E-state index contributed by atoms with van der Waals surface area (Å²) in [6, 6.07) is 3.72. The molecule has 3 heteroatoms. The lowest BCUT2D eigenvalue weighted by Crippen LogP contribution is -2.29. The quantitative estimate of drug-likeness (QED) is 0.735. The number of thiol groups is 1. The first-order chi connectivity index (χ1) is 6.79. The molecule has 0 bridgehead atoms. The fourth-order valence-electron chi connectivity index (χ4n) is 1.04. The van der Waals surface area contributed by atoms with Crippen LogP contribution < -0.4 is 10.6 Å². The number of rotatable bonds is 4. The Balaban J connectivity index is 3.17. The lowest BCUT2D eigenvalue weighted by molar-refractivity contribution is 0.301. The Morgan fingerprint density at radius 3 is 3.00 bits per heavy atom. The number of nitrogens with zero attached hydrogens (tertiary/aromatic N) is 1. The number of ether oxygens (including phenoxy) is 1. The van der Waals surface area contributed by atoms with Crippen molar-refractivity contribution < 1.29 is 4.74 Å². The number of hydrogen-bond donors (Lipinski definition) is 1. The Kier molecular flexibility index (Phi) is 4.26. The predicted molar refractivity (Wildman–Crippen MR) is 62.4 cm³/mol. The molecule has 0 aliphatic rings. The van der Waals surface area contributed by atoms with Crippen molar-refractivity contribution in [2.45, 2.75) is 0 Å². The molecule has 14 heavy (non-hydrogen) atoms. The maximum Gasteiger partial charge on any atom is 0.144 e. The molecule has 0 aliphatic heterocycles. The Morgan fingerprint density at radius 1 is 1.64 bits per heavy atom. The molecule has 1 heterocycles. The average Bonchev–Trinajstić information content (AvgIpc) is 2.21. The highest BCUT2D eigenvalue weighted by atomic mass is 32.1. The van der Waals surface area contributed by atoms with Crippen LogP contribution in [0.25, 0.3) is 12.3 Å². The Labute approximate surface area is 89.0 Å². The minimum Gasteiger partial charge on any atom is -0.490 e. The average molecular weight is 207 g/mol. The Morgan fingerprint density at radius 2 is 2.43 bits per heavy atom. The summed E-state index contributed by atoms with van der Waals surface area (Å²) in [4.78, 5) is 4.18. The van der Waals surface area contributed by atoms with E-state index in [0.717, 1.165) is 10.6 Å². The highest BCUT2D eigenvalue weighted by Crippen LogP contribution is 1.95. The summed E-state index contributed by atoms with van der Waals surface area (Å²) in [6.07, 6.45) is 3.35. The summed E-state index contributed by atoms with van der Waals surface area (Å²) in [6.45, 7) is 8.09. The van der Waals surface area contributed by atoms with Gasteiger partial charge < -0.3 is 4.74 Å². The maximum atomic E-state index is 5.43.